The number of carbonyl (C=O) groups excluding carboxylic acids is 1. The average Bonchev–Trinajstić information content (AvgIpc) is 3.10. The molecule has 0 unspecified atom stereocenters. The van der Waals surface area contributed by atoms with Gasteiger partial charge in [0.15, 0.2) is 0 Å². The Kier molecular flexibility index (Phi) is 5.99. The molecule has 0 aliphatic carbocycles. The van der Waals surface area contributed by atoms with Crippen LogP contribution in [0.15, 0.2) is 53.1 Å². The number of rotatable bonds is 7. The molecule has 0 aliphatic rings. The Morgan fingerprint density at radius 1 is 1.23 bits per heavy atom. The standard InChI is InChI=1S/C19H18ClN3O3/c1-25-12-13-3-2-4-16(11-13)21-17(24)9-10-18-22-19(23-26-18)14-5-7-15(20)8-6-14/h2-8,11H,9-10,12H2,1H3,(H,21,24). The van der Waals surface area contributed by atoms with Gasteiger partial charge in [-0.2, -0.15) is 4.98 Å². The van der Waals surface area contributed by atoms with Gasteiger partial charge in [0.25, 0.3) is 0 Å². The molecule has 1 amide bonds. The predicted octanol–water partition coefficient (Wildman–Crippen LogP) is 4.11. The van der Waals surface area contributed by atoms with E-state index in [1.165, 1.54) is 0 Å². The SMILES string of the molecule is COCc1cccc(NC(=O)CCc2nc(-c3ccc(Cl)cc3)no2)c1. The maximum atomic E-state index is 12.1. The summed E-state index contributed by atoms with van der Waals surface area (Å²) < 4.78 is 10.3. The van der Waals surface area contributed by atoms with Crippen molar-refractivity contribution in [1.82, 2.24) is 10.1 Å². The molecule has 0 bridgehead atoms. The van der Waals surface area contributed by atoms with Crippen molar-refractivity contribution in [2.24, 2.45) is 0 Å². The first-order valence-corrected chi connectivity index (χ1v) is 8.48. The number of methoxy groups -OCH3 is 1. The van der Waals surface area contributed by atoms with E-state index >= 15 is 0 Å². The van der Waals surface area contributed by atoms with Crippen molar-refractivity contribution >= 4 is 23.2 Å². The smallest absolute Gasteiger partial charge is 0.227 e. The van der Waals surface area contributed by atoms with Crippen LogP contribution in [0.2, 0.25) is 5.02 Å². The van der Waals surface area contributed by atoms with Gasteiger partial charge in [-0.15, -0.1) is 0 Å². The lowest BCUT2D eigenvalue weighted by molar-refractivity contribution is -0.116. The summed E-state index contributed by atoms with van der Waals surface area (Å²) >= 11 is 5.87. The molecule has 1 aromatic heterocycles. The number of nitrogens with zero attached hydrogens (tertiary/aromatic N) is 2. The van der Waals surface area contributed by atoms with Gasteiger partial charge in [-0.05, 0) is 42.0 Å². The normalized spacial score (nSPS) is 10.7. The highest BCUT2D eigenvalue weighted by molar-refractivity contribution is 6.30. The molecule has 26 heavy (non-hydrogen) atoms. The molecule has 1 heterocycles. The Hall–Kier alpha value is -2.70. The van der Waals surface area contributed by atoms with Gasteiger partial charge in [0.1, 0.15) is 0 Å². The van der Waals surface area contributed by atoms with Crippen LogP contribution in [-0.2, 0) is 22.6 Å². The van der Waals surface area contributed by atoms with E-state index in [0.717, 1.165) is 16.8 Å². The van der Waals surface area contributed by atoms with Gasteiger partial charge < -0.3 is 14.6 Å². The number of hydrogen-bond acceptors (Lipinski definition) is 5. The van der Waals surface area contributed by atoms with Crippen LogP contribution < -0.4 is 5.32 Å². The summed E-state index contributed by atoms with van der Waals surface area (Å²) in [6.45, 7) is 0.499. The van der Waals surface area contributed by atoms with Crippen molar-refractivity contribution in [2.45, 2.75) is 19.4 Å². The lowest BCUT2D eigenvalue weighted by atomic mass is 10.2. The summed E-state index contributed by atoms with van der Waals surface area (Å²) in [5.41, 5.74) is 2.54. The number of carbonyl (C=O) groups is 1. The van der Waals surface area contributed by atoms with Gasteiger partial charge in [-0.1, -0.05) is 28.9 Å². The summed E-state index contributed by atoms with van der Waals surface area (Å²) in [6.07, 6.45) is 0.612. The zero-order chi connectivity index (χ0) is 18.4. The van der Waals surface area contributed by atoms with Gasteiger partial charge >= 0.3 is 0 Å². The van der Waals surface area contributed by atoms with E-state index in [-0.39, 0.29) is 12.3 Å². The molecule has 0 spiro atoms. The third kappa shape index (κ3) is 4.91. The van der Waals surface area contributed by atoms with Crippen LogP contribution in [0.5, 0.6) is 0 Å². The number of amides is 1. The molecule has 0 radical (unpaired) electrons. The van der Waals surface area contributed by atoms with Crippen LogP contribution in [0.3, 0.4) is 0 Å². The minimum absolute atomic E-state index is 0.120. The summed E-state index contributed by atoms with van der Waals surface area (Å²) in [7, 11) is 1.63. The maximum Gasteiger partial charge on any atom is 0.227 e. The lowest BCUT2D eigenvalue weighted by Crippen LogP contribution is -2.12. The fourth-order valence-electron chi connectivity index (χ4n) is 2.42. The first-order chi connectivity index (χ1) is 12.6. The number of aryl methyl sites for hydroxylation is 1. The monoisotopic (exact) mass is 371 g/mol. The van der Waals surface area contributed by atoms with Gasteiger partial charge in [-0.25, -0.2) is 0 Å². The van der Waals surface area contributed by atoms with E-state index in [9.17, 15) is 4.79 Å². The third-order valence-electron chi connectivity index (χ3n) is 3.66. The second-order valence-electron chi connectivity index (χ2n) is 5.70. The highest BCUT2D eigenvalue weighted by atomic mass is 35.5. The molecule has 0 fully saturated rings. The molecule has 3 rings (SSSR count). The second-order valence-corrected chi connectivity index (χ2v) is 6.14. The quantitative estimate of drug-likeness (QED) is 0.676. The maximum absolute atomic E-state index is 12.1. The number of halogens is 1. The predicted molar refractivity (Wildman–Crippen MR) is 98.8 cm³/mol. The molecule has 0 aliphatic heterocycles. The fraction of sp³-hybridized carbons (Fsp3) is 0.211. The first-order valence-electron chi connectivity index (χ1n) is 8.10. The van der Waals surface area contributed by atoms with Crippen molar-refractivity contribution in [1.29, 1.82) is 0 Å². The molecular formula is C19H18ClN3O3. The molecule has 3 aromatic rings. The van der Waals surface area contributed by atoms with Crippen LogP contribution >= 0.6 is 11.6 Å². The Morgan fingerprint density at radius 3 is 2.81 bits per heavy atom. The molecular weight excluding hydrogens is 354 g/mol. The third-order valence-corrected chi connectivity index (χ3v) is 3.91. The van der Waals surface area contributed by atoms with Crippen molar-refractivity contribution in [3.05, 3.63) is 65.0 Å². The van der Waals surface area contributed by atoms with E-state index in [1.54, 1.807) is 19.2 Å². The number of nitrogens with one attached hydrogen (secondary N) is 1. The Labute approximate surface area is 156 Å². The fourth-order valence-corrected chi connectivity index (χ4v) is 2.55. The Morgan fingerprint density at radius 2 is 2.04 bits per heavy atom. The number of ether oxygens (including phenoxy) is 1. The van der Waals surface area contributed by atoms with Crippen molar-refractivity contribution in [3.8, 4) is 11.4 Å². The van der Waals surface area contributed by atoms with Crippen LogP contribution in [0.25, 0.3) is 11.4 Å². The summed E-state index contributed by atoms with van der Waals surface area (Å²) in [4.78, 5) is 16.4. The largest absolute Gasteiger partial charge is 0.380 e. The zero-order valence-electron chi connectivity index (χ0n) is 14.2. The molecule has 0 atom stereocenters. The van der Waals surface area contributed by atoms with E-state index in [0.29, 0.717) is 29.8 Å². The molecule has 6 nitrogen and oxygen atoms in total. The van der Waals surface area contributed by atoms with E-state index in [2.05, 4.69) is 15.5 Å². The van der Waals surface area contributed by atoms with Gasteiger partial charge in [0.05, 0.1) is 6.61 Å². The molecule has 2 aromatic carbocycles. The Balaban J connectivity index is 1.55. The van der Waals surface area contributed by atoms with Crippen LogP contribution in [0.4, 0.5) is 5.69 Å². The van der Waals surface area contributed by atoms with E-state index in [4.69, 9.17) is 20.9 Å². The van der Waals surface area contributed by atoms with Crippen molar-refractivity contribution in [2.75, 3.05) is 12.4 Å². The highest BCUT2D eigenvalue weighted by Crippen LogP contribution is 2.19. The minimum atomic E-state index is -0.120. The summed E-state index contributed by atoms with van der Waals surface area (Å²) in [6, 6.07) is 14.7. The Bertz CT molecular complexity index is 878. The van der Waals surface area contributed by atoms with Crippen LogP contribution in [-0.4, -0.2) is 23.2 Å². The van der Waals surface area contributed by atoms with Gasteiger partial charge in [0, 0.05) is 36.2 Å². The van der Waals surface area contributed by atoms with Crippen LogP contribution in [0, 0.1) is 0 Å². The summed E-state index contributed by atoms with van der Waals surface area (Å²) in [5.74, 6) is 0.772. The second kappa shape index (κ2) is 8.60. The molecule has 134 valence electrons. The van der Waals surface area contributed by atoms with E-state index < -0.39 is 0 Å². The molecule has 1 N–H and O–H groups in total. The summed E-state index contributed by atoms with van der Waals surface area (Å²) in [5, 5.41) is 7.43. The van der Waals surface area contributed by atoms with Crippen molar-refractivity contribution < 1.29 is 14.1 Å². The zero-order valence-corrected chi connectivity index (χ0v) is 15.0. The number of anilines is 1. The number of benzene rings is 2. The minimum Gasteiger partial charge on any atom is -0.380 e. The van der Waals surface area contributed by atoms with Gasteiger partial charge in [0.2, 0.25) is 17.6 Å². The van der Waals surface area contributed by atoms with Crippen LogP contribution in [0.1, 0.15) is 17.9 Å². The topological polar surface area (TPSA) is 77.2 Å². The number of aromatic nitrogens is 2. The average molecular weight is 372 g/mol. The lowest BCUT2D eigenvalue weighted by Gasteiger charge is -2.06. The molecule has 7 heteroatoms. The molecule has 0 saturated carbocycles. The van der Waals surface area contributed by atoms with E-state index in [1.807, 2.05) is 36.4 Å². The molecule has 0 saturated heterocycles. The first kappa shape index (κ1) is 18.1. The highest BCUT2D eigenvalue weighted by Gasteiger charge is 2.11. The van der Waals surface area contributed by atoms with Gasteiger partial charge in [-0.3, -0.25) is 4.79 Å². The van der Waals surface area contributed by atoms with Crippen molar-refractivity contribution in [3.63, 3.8) is 0 Å². The number of hydrogen-bond donors (Lipinski definition) is 1.